The van der Waals surface area contributed by atoms with E-state index >= 15 is 0 Å². The van der Waals surface area contributed by atoms with Crippen LogP contribution >= 0.6 is 0 Å². The maximum atomic E-state index is 12.2. The predicted molar refractivity (Wildman–Crippen MR) is 78.8 cm³/mol. The zero-order valence-corrected chi connectivity index (χ0v) is 13.7. The second kappa shape index (κ2) is 4.83. The number of nitrogens with zero attached hydrogens (tertiary/aromatic N) is 1. The number of hydrogen-bond donors (Lipinski definition) is 3. The lowest BCUT2D eigenvalue weighted by molar-refractivity contribution is -0.180. The number of carbonyl (C=O) groups excluding carboxylic acids is 1. The molecule has 122 valence electrons. The van der Waals surface area contributed by atoms with Crippen molar-refractivity contribution in [3.05, 3.63) is 0 Å². The lowest BCUT2D eigenvalue weighted by Gasteiger charge is -2.54. The molecule has 2 aliphatic rings. The SMILES string of the molecule is CC1(C)CC2(CC(C)(C)N1)OC(=O)N(CCCO)[C@]2(C)O. The predicted octanol–water partition coefficient (Wildman–Crippen LogP) is 1.21. The first kappa shape index (κ1) is 16.5. The molecule has 0 unspecified atom stereocenters. The van der Waals surface area contributed by atoms with Crippen LogP contribution in [0.2, 0.25) is 0 Å². The second-order valence-corrected chi connectivity index (χ2v) is 7.86. The average Bonchev–Trinajstić information content (AvgIpc) is 2.39. The van der Waals surface area contributed by atoms with Gasteiger partial charge in [0.05, 0.1) is 0 Å². The molecule has 0 aliphatic carbocycles. The standard InChI is InChI=1S/C15H28N2O4/c1-12(2)9-15(10-13(3,4)16-12)14(5,20)17(7-6-8-18)11(19)21-15/h16,18,20H,6-10H2,1-5H3/t14-/m1/s1. The zero-order valence-electron chi connectivity index (χ0n) is 13.7. The normalized spacial score (nSPS) is 33.3. The Hall–Kier alpha value is -0.850. The number of nitrogens with one attached hydrogen (secondary N) is 1. The molecule has 2 heterocycles. The largest absolute Gasteiger partial charge is 0.437 e. The molecule has 0 radical (unpaired) electrons. The molecule has 0 aromatic carbocycles. The van der Waals surface area contributed by atoms with Crippen molar-refractivity contribution < 1.29 is 19.7 Å². The van der Waals surface area contributed by atoms with Crippen LogP contribution in [0.3, 0.4) is 0 Å². The summed E-state index contributed by atoms with van der Waals surface area (Å²) >= 11 is 0. The first-order valence-corrected chi connectivity index (χ1v) is 7.58. The summed E-state index contributed by atoms with van der Waals surface area (Å²) in [5, 5.41) is 23.6. The van der Waals surface area contributed by atoms with Gasteiger partial charge in [-0.1, -0.05) is 0 Å². The van der Waals surface area contributed by atoms with Crippen molar-refractivity contribution in [2.45, 2.75) is 76.3 Å². The summed E-state index contributed by atoms with van der Waals surface area (Å²) in [6, 6.07) is 0. The number of aliphatic hydroxyl groups is 2. The topological polar surface area (TPSA) is 82.0 Å². The number of ether oxygens (including phenoxy) is 1. The Kier molecular flexibility index (Phi) is 3.80. The lowest BCUT2D eigenvalue weighted by Crippen LogP contribution is -2.70. The highest BCUT2D eigenvalue weighted by atomic mass is 16.6. The van der Waals surface area contributed by atoms with Crippen molar-refractivity contribution >= 4 is 6.09 Å². The molecule has 2 rings (SSSR count). The number of carbonyl (C=O) groups is 1. The summed E-state index contributed by atoms with van der Waals surface area (Å²) in [7, 11) is 0. The lowest BCUT2D eigenvalue weighted by atomic mass is 9.68. The Morgan fingerprint density at radius 1 is 1.19 bits per heavy atom. The van der Waals surface area contributed by atoms with Crippen molar-refractivity contribution in [2.75, 3.05) is 13.2 Å². The molecule has 2 fully saturated rings. The van der Waals surface area contributed by atoms with E-state index in [1.165, 1.54) is 4.90 Å². The molecule has 6 heteroatoms. The van der Waals surface area contributed by atoms with Crippen LogP contribution in [-0.4, -0.2) is 56.8 Å². The summed E-state index contributed by atoms with van der Waals surface area (Å²) in [4.78, 5) is 13.6. The van der Waals surface area contributed by atoms with Gasteiger partial charge >= 0.3 is 6.09 Å². The summed E-state index contributed by atoms with van der Waals surface area (Å²) in [5.74, 6) is 0. The third-order valence-corrected chi connectivity index (χ3v) is 4.56. The molecule has 0 aromatic heterocycles. The zero-order chi connectivity index (χ0) is 16.1. The maximum Gasteiger partial charge on any atom is 0.412 e. The van der Waals surface area contributed by atoms with Crippen molar-refractivity contribution in [2.24, 2.45) is 0 Å². The molecule has 3 N–H and O–H groups in total. The van der Waals surface area contributed by atoms with Gasteiger partial charge in [0.15, 0.2) is 11.3 Å². The van der Waals surface area contributed by atoms with Crippen LogP contribution in [0.25, 0.3) is 0 Å². The molecule has 0 bridgehead atoms. The quantitative estimate of drug-likeness (QED) is 0.730. The van der Waals surface area contributed by atoms with E-state index in [9.17, 15) is 9.90 Å². The van der Waals surface area contributed by atoms with E-state index in [0.717, 1.165) is 0 Å². The Morgan fingerprint density at radius 3 is 2.19 bits per heavy atom. The highest BCUT2D eigenvalue weighted by Gasteiger charge is 2.66. The molecule has 0 saturated carbocycles. The smallest absolute Gasteiger partial charge is 0.412 e. The second-order valence-electron chi connectivity index (χ2n) is 7.86. The molecule has 2 saturated heterocycles. The monoisotopic (exact) mass is 300 g/mol. The van der Waals surface area contributed by atoms with E-state index in [1.54, 1.807) is 6.92 Å². The van der Waals surface area contributed by atoms with Gasteiger partial charge in [-0.3, -0.25) is 4.90 Å². The Morgan fingerprint density at radius 2 is 1.71 bits per heavy atom. The molecule has 6 nitrogen and oxygen atoms in total. The summed E-state index contributed by atoms with van der Waals surface area (Å²) in [6.45, 7) is 10.1. The number of amides is 1. The molecule has 2 aliphatic heterocycles. The van der Waals surface area contributed by atoms with Crippen LogP contribution in [0.15, 0.2) is 0 Å². The van der Waals surface area contributed by atoms with Gasteiger partial charge in [-0.2, -0.15) is 0 Å². The van der Waals surface area contributed by atoms with Crippen LogP contribution in [0.4, 0.5) is 4.79 Å². The van der Waals surface area contributed by atoms with E-state index in [4.69, 9.17) is 9.84 Å². The van der Waals surface area contributed by atoms with E-state index < -0.39 is 17.4 Å². The molecular weight excluding hydrogens is 272 g/mol. The first-order valence-electron chi connectivity index (χ1n) is 7.58. The minimum Gasteiger partial charge on any atom is -0.437 e. The van der Waals surface area contributed by atoms with Crippen LogP contribution in [-0.2, 0) is 4.74 Å². The summed E-state index contributed by atoms with van der Waals surface area (Å²) in [5.41, 5.74) is -2.81. The summed E-state index contributed by atoms with van der Waals surface area (Å²) < 4.78 is 5.70. The van der Waals surface area contributed by atoms with Crippen LogP contribution in [0, 0.1) is 0 Å². The third-order valence-electron chi connectivity index (χ3n) is 4.56. The molecular formula is C15H28N2O4. The minimum absolute atomic E-state index is 0.0224. The Labute approximate surface area is 126 Å². The third kappa shape index (κ3) is 2.76. The van der Waals surface area contributed by atoms with Gasteiger partial charge in [0.2, 0.25) is 0 Å². The average molecular weight is 300 g/mol. The Bertz CT molecular complexity index is 415. The van der Waals surface area contributed by atoms with Crippen molar-refractivity contribution in [1.82, 2.24) is 10.2 Å². The molecule has 0 aromatic rings. The number of rotatable bonds is 3. The highest BCUT2D eigenvalue weighted by molar-refractivity contribution is 5.72. The fraction of sp³-hybridized carbons (Fsp3) is 0.933. The first-order chi connectivity index (χ1) is 9.45. The molecule has 21 heavy (non-hydrogen) atoms. The van der Waals surface area contributed by atoms with Gasteiger partial charge in [-0.05, 0) is 41.0 Å². The molecule has 1 atom stereocenters. The van der Waals surface area contributed by atoms with E-state index in [0.29, 0.717) is 25.8 Å². The number of piperidine rings is 1. The van der Waals surface area contributed by atoms with Gasteiger partial charge in [-0.25, -0.2) is 4.79 Å². The van der Waals surface area contributed by atoms with Gasteiger partial charge in [-0.15, -0.1) is 0 Å². The fourth-order valence-electron chi connectivity index (χ4n) is 4.18. The maximum absolute atomic E-state index is 12.2. The van der Waals surface area contributed by atoms with Crippen LogP contribution in [0.5, 0.6) is 0 Å². The Balaban J connectivity index is 2.36. The van der Waals surface area contributed by atoms with E-state index in [-0.39, 0.29) is 17.7 Å². The van der Waals surface area contributed by atoms with Gasteiger partial charge in [0.1, 0.15) is 0 Å². The van der Waals surface area contributed by atoms with E-state index in [1.807, 2.05) is 0 Å². The van der Waals surface area contributed by atoms with Crippen molar-refractivity contribution in [1.29, 1.82) is 0 Å². The van der Waals surface area contributed by atoms with Crippen LogP contribution < -0.4 is 5.32 Å². The fourth-order valence-corrected chi connectivity index (χ4v) is 4.18. The molecule has 1 amide bonds. The number of aliphatic hydroxyl groups excluding tert-OH is 1. The van der Waals surface area contributed by atoms with Gasteiger partial charge in [0, 0.05) is 37.1 Å². The van der Waals surface area contributed by atoms with Crippen molar-refractivity contribution in [3.63, 3.8) is 0 Å². The summed E-state index contributed by atoms with van der Waals surface area (Å²) in [6.07, 6.45) is 1.00. The van der Waals surface area contributed by atoms with E-state index in [2.05, 4.69) is 33.0 Å². The van der Waals surface area contributed by atoms with Crippen LogP contribution in [0.1, 0.15) is 53.9 Å². The van der Waals surface area contributed by atoms with Crippen molar-refractivity contribution in [3.8, 4) is 0 Å². The molecule has 1 spiro atoms. The minimum atomic E-state index is -1.38. The number of hydrogen-bond acceptors (Lipinski definition) is 5. The van der Waals surface area contributed by atoms with Gasteiger partial charge < -0.3 is 20.3 Å². The highest BCUT2D eigenvalue weighted by Crippen LogP contribution is 2.50. The van der Waals surface area contributed by atoms with Gasteiger partial charge in [0.25, 0.3) is 0 Å².